The first kappa shape index (κ1) is 10.3. The summed E-state index contributed by atoms with van der Waals surface area (Å²) >= 11 is -2.24. The fraction of sp³-hybridized carbons (Fsp3) is 0.500. The molecule has 13 heavy (non-hydrogen) atoms. The van der Waals surface area contributed by atoms with Gasteiger partial charge < -0.3 is 20.1 Å². The monoisotopic (exact) mass is 206 g/mol. The van der Waals surface area contributed by atoms with Gasteiger partial charge in [-0.2, -0.15) is 0 Å². The van der Waals surface area contributed by atoms with Crippen LogP contribution in [0.25, 0.3) is 0 Å². The maximum Gasteiger partial charge on any atom is 0.203 e. The molecule has 0 aromatic carbocycles. The lowest BCUT2D eigenvalue weighted by Gasteiger charge is -2.16. The highest BCUT2D eigenvalue weighted by atomic mass is 32.2. The number of rotatable bonds is 2. The summed E-state index contributed by atoms with van der Waals surface area (Å²) in [7, 11) is 0. The Morgan fingerprint density at radius 2 is 2.54 bits per heavy atom. The Hall–Kier alpha value is -0.760. The smallest absolute Gasteiger partial charge is 0.203 e. The molecule has 1 heterocycles. The van der Waals surface area contributed by atoms with Crippen molar-refractivity contribution in [1.29, 1.82) is 0 Å². The SMILES string of the molecule is NC(=CC1=NCCO[C@H]1O)S(=O)O. The van der Waals surface area contributed by atoms with Gasteiger partial charge in [-0.3, -0.25) is 4.99 Å². The maximum atomic E-state index is 10.4. The zero-order valence-electron chi connectivity index (χ0n) is 6.71. The van der Waals surface area contributed by atoms with Gasteiger partial charge in [0.15, 0.2) is 6.29 Å². The second kappa shape index (κ2) is 4.47. The molecular formula is C6H10N2O4S. The number of aliphatic imine (C=N–C) groups is 1. The number of ether oxygens (including phenoxy) is 1. The van der Waals surface area contributed by atoms with Crippen LogP contribution in [0.1, 0.15) is 0 Å². The molecule has 0 amide bonds. The van der Waals surface area contributed by atoms with E-state index >= 15 is 0 Å². The zero-order valence-corrected chi connectivity index (χ0v) is 7.53. The lowest BCUT2D eigenvalue weighted by molar-refractivity contribution is -0.0519. The summed E-state index contributed by atoms with van der Waals surface area (Å²) < 4.78 is 23.8. The summed E-state index contributed by atoms with van der Waals surface area (Å²) in [5.74, 6) is 0. The summed E-state index contributed by atoms with van der Waals surface area (Å²) in [4.78, 5) is 3.87. The minimum Gasteiger partial charge on any atom is -0.390 e. The predicted octanol–water partition coefficient (Wildman–Crippen LogP) is -1.20. The van der Waals surface area contributed by atoms with E-state index in [1.807, 2.05) is 0 Å². The van der Waals surface area contributed by atoms with Gasteiger partial charge in [-0.05, 0) is 6.08 Å². The summed E-state index contributed by atoms with van der Waals surface area (Å²) in [6.45, 7) is 0.745. The average molecular weight is 206 g/mol. The second-order valence-corrected chi connectivity index (χ2v) is 3.30. The highest BCUT2D eigenvalue weighted by Crippen LogP contribution is 2.03. The van der Waals surface area contributed by atoms with Crippen LogP contribution >= 0.6 is 0 Å². The third-order valence-electron chi connectivity index (χ3n) is 1.41. The fourth-order valence-corrected chi connectivity index (χ4v) is 1.04. The molecule has 1 unspecified atom stereocenters. The Bertz CT molecular complexity index is 276. The number of aliphatic hydroxyl groups is 1. The molecule has 74 valence electrons. The van der Waals surface area contributed by atoms with E-state index in [4.69, 9.17) is 20.1 Å². The van der Waals surface area contributed by atoms with Crippen molar-refractivity contribution in [1.82, 2.24) is 0 Å². The van der Waals surface area contributed by atoms with E-state index in [9.17, 15) is 4.21 Å². The number of hydrogen-bond donors (Lipinski definition) is 3. The third kappa shape index (κ3) is 2.88. The van der Waals surface area contributed by atoms with Crippen molar-refractivity contribution >= 4 is 16.8 Å². The lowest BCUT2D eigenvalue weighted by atomic mass is 10.3. The van der Waals surface area contributed by atoms with Crippen molar-refractivity contribution in [2.45, 2.75) is 6.29 Å². The van der Waals surface area contributed by atoms with Crippen molar-refractivity contribution < 1.29 is 18.6 Å². The van der Waals surface area contributed by atoms with Gasteiger partial charge in [0.05, 0.1) is 18.9 Å². The van der Waals surface area contributed by atoms with Gasteiger partial charge in [0, 0.05) is 0 Å². The molecule has 0 fully saturated rings. The standard InChI is InChI=1S/C6H10N2O4S/c7-5(13(10)11)3-4-6(9)12-2-1-8-4/h3,6,9H,1-2,7H2,(H,10,11)/t6-/m1/s1. The topological polar surface area (TPSA) is 105 Å². The minimum absolute atomic E-state index is 0.172. The Morgan fingerprint density at radius 1 is 1.85 bits per heavy atom. The number of nitrogens with zero attached hydrogens (tertiary/aromatic N) is 1. The van der Waals surface area contributed by atoms with E-state index in [2.05, 4.69) is 4.99 Å². The molecule has 1 aliphatic heterocycles. The Kier molecular flexibility index (Phi) is 3.55. The van der Waals surface area contributed by atoms with Crippen molar-refractivity contribution in [2.75, 3.05) is 13.2 Å². The number of hydrogen-bond acceptors (Lipinski definition) is 5. The van der Waals surface area contributed by atoms with Gasteiger partial charge >= 0.3 is 0 Å². The van der Waals surface area contributed by atoms with Gasteiger partial charge in [0.1, 0.15) is 5.03 Å². The molecule has 0 bridgehead atoms. The molecule has 0 spiro atoms. The first-order valence-electron chi connectivity index (χ1n) is 3.53. The predicted molar refractivity (Wildman–Crippen MR) is 47.3 cm³/mol. The van der Waals surface area contributed by atoms with Crippen LogP contribution < -0.4 is 5.73 Å². The second-order valence-electron chi connectivity index (χ2n) is 2.33. The van der Waals surface area contributed by atoms with Gasteiger partial charge in [-0.15, -0.1) is 0 Å². The molecule has 1 aliphatic rings. The Balaban J connectivity index is 2.77. The molecular weight excluding hydrogens is 196 g/mol. The lowest BCUT2D eigenvalue weighted by Crippen LogP contribution is -2.29. The van der Waals surface area contributed by atoms with Gasteiger partial charge in [0.25, 0.3) is 0 Å². The zero-order chi connectivity index (χ0) is 9.84. The largest absolute Gasteiger partial charge is 0.390 e. The maximum absolute atomic E-state index is 10.4. The highest BCUT2D eigenvalue weighted by Gasteiger charge is 2.15. The van der Waals surface area contributed by atoms with Gasteiger partial charge in [-0.1, -0.05) is 0 Å². The Morgan fingerprint density at radius 3 is 3.08 bits per heavy atom. The van der Waals surface area contributed by atoms with E-state index in [0.717, 1.165) is 6.08 Å². The summed E-state index contributed by atoms with van der Waals surface area (Å²) in [6, 6.07) is 0. The number of nitrogens with two attached hydrogens (primary N) is 1. The first-order valence-corrected chi connectivity index (χ1v) is 4.64. The van der Waals surface area contributed by atoms with Crippen molar-refractivity contribution in [3.05, 3.63) is 11.1 Å². The van der Waals surface area contributed by atoms with Crippen LogP contribution in [0.5, 0.6) is 0 Å². The molecule has 0 aromatic rings. The summed E-state index contributed by atoms with van der Waals surface area (Å²) in [5.41, 5.74) is 5.35. The van der Waals surface area contributed by atoms with Crippen molar-refractivity contribution in [2.24, 2.45) is 10.7 Å². The molecule has 0 aliphatic carbocycles. The van der Waals surface area contributed by atoms with Gasteiger partial charge in [0.2, 0.25) is 11.1 Å². The minimum atomic E-state index is -2.24. The molecule has 7 heteroatoms. The van der Waals surface area contributed by atoms with E-state index in [0.29, 0.717) is 13.2 Å². The van der Waals surface area contributed by atoms with Crippen LogP contribution in [0, 0.1) is 0 Å². The third-order valence-corrected chi connectivity index (χ3v) is 1.93. The van der Waals surface area contributed by atoms with Crippen LogP contribution in [0.3, 0.4) is 0 Å². The van der Waals surface area contributed by atoms with E-state index in [-0.39, 0.29) is 10.7 Å². The van der Waals surface area contributed by atoms with Crippen molar-refractivity contribution in [3.8, 4) is 0 Å². The molecule has 6 nitrogen and oxygen atoms in total. The van der Waals surface area contributed by atoms with Crippen LogP contribution in [0.2, 0.25) is 0 Å². The average Bonchev–Trinajstić information content (AvgIpc) is 2.08. The molecule has 0 saturated carbocycles. The van der Waals surface area contributed by atoms with E-state index in [1.54, 1.807) is 0 Å². The molecule has 2 atom stereocenters. The first-order chi connectivity index (χ1) is 6.11. The van der Waals surface area contributed by atoms with E-state index in [1.165, 1.54) is 0 Å². The van der Waals surface area contributed by atoms with Crippen LogP contribution in [0.15, 0.2) is 16.1 Å². The highest BCUT2D eigenvalue weighted by molar-refractivity contribution is 7.83. The van der Waals surface area contributed by atoms with E-state index < -0.39 is 17.4 Å². The fourth-order valence-electron chi connectivity index (χ4n) is 0.816. The molecule has 0 radical (unpaired) electrons. The van der Waals surface area contributed by atoms with Crippen LogP contribution in [-0.4, -0.2) is 39.0 Å². The molecule has 4 N–H and O–H groups in total. The molecule has 0 aromatic heterocycles. The van der Waals surface area contributed by atoms with Crippen LogP contribution in [0.4, 0.5) is 0 Å². The van der Waals surface area contributed by atoms with Crippen molar-refractivity contribution in [3.63, 3.8) is 0 Å². The number of aliphatic hydroxyl groups excluding tert-OH is 1. The van der Waals surface area contributed by atoms with Gasteiger partial charge in [-0.25, -0.2) is 4.21 Å². The summed E-state index contributed by atoms with van der Waals surface area (Å²) in [6.07, 6.45) is -0.0178. The summed E-state index contributed by atoms with van der Waals surface area (Å²) in [5, 5.41) is 8.91. The normalized spacial score (nSPS) is 26.8. The molecule has 0 saturated heterocycles. The Labute approximate surface area is 77.4 Å². The quantitative estimate of drug-likeness (QED) is 0.492. The van der Waals surface area contributed by atoms with Crippen LogP contribution in [-0.2, 0) is 15.8 Å². The molecule has 1 rings (SSSR count).